The van der Waals surface area contributed by atoms with E-state index < -0.39 is 35.6 Å². The van der Waals surface area contributed by atoms with E-state index in [0.717, 1.165) is 0 Å². The van der Waals surface area contributed by atoms with Crippen molar-refractivity contribution in [1.29, 1.82) is 0 Å². The van der Waals surface area contributed by atoms with Gasteiger partial charge in [0.25, 0.3) is 0 Å². The van der Waals surface area contributed by atoms with E-state index in [9.17, 15) is 33.0 Å². The molecule has 0 aliphatic carbocycles. The Morgan fingerprint density at radius 1 is 0.655 bits per heavy atom. The summed E-state index contributed by atoms with van der Waals surface area (Å²) in [5.41, 5.74) is 0.912. The number of halogens is 3. The van der Waals surface area contributed by atoms with Crippen LogP contribution in [0.4, 0.5) is 34.1 Å². The highest BCUT2D eigenvalue weighted by Crippen LogP contribution is 2.25. The largest absolute Gasteiger partial charge is 0.854 e. The number of pyridine rings is 2. The van der Waals surface area contributed by atoms with Gasteiger partial charge < -0.3 is 24.4 Å². The molecule has 0 saturated heterocycles. The number of benzene rings is 3. The quantitative estimate of drug-likeness (QED) is 0.105. The molecule has 16 heteroatoms. The predicted octanol–water partition coefficient (Wildman–Crippen LogP) is 6.28. The van der Waals surface area contributed by atoms with Crippen LogP contribution in [0.2, 0.25) is 0 Å². The number of hydrogen-bond donors (Lipinski definition) is 1. The molecular weight excluding hydrogens is 757 g/mol. The van der Waals surface area contributed by atoms with Gasteiger partial charge >= 0.3 is 18.5 Å². The van der Waals surface area contributed by atoms with Gasteiger partial charge in [0.2, 0.25) is 24.8 Å². The Bertz CT molecular complexity index is 2150. The first-order valence-electron chi connectivity index (χ1n) is 17.7. The van der Waals surface area contributed by atoms with Gasteiger partial charge in [-0.05, 0) is 105 Å². The van der Waals surface area contributed by atoms with Crippen molar-refractivity contribution in [3.63, 3.8) is 0 Å². The van der Waals surface area contributed by atoms with Crippen LogP contribution in [-0.2, 0) is 16.0 Å². The average molecular weight is 801 g/mol. The van der Waals surface area contributed by atoms with Crippen LogP contribution in [0.3, 0.4) is 0 Å². The second-order valence-electron chi connectivity index (χ2n) is 14.3. The molecule has 5 aromatic rings. The Labute approximate surface area is 333 Å². The van der Waals surface area contributed by atoms with Crippen molar-refractivity contribution in [2.24, 2.45) is 10.2 Å². The van der Waals surface area contributed by atoms with E-state index in [0.29, 0.717) is 28.1 Å². The smallest absolute Gasteiger partial charge is 0.573 e. The molecule has 2 heterocycles. The summed E-state index contributed by atoms with van der Waals surface area (Å²) in [4.78, 5) is 25.9. The number of amides is 2. The molecule has 2 aromatic heterocycles. The summed E-state index contributed by atoms with van der Waals surface area (Å²) < 4.78 is 54.6. The number of ether oxygens (including phenoxy) is 3. The van der Waals surface area contributed by atoms with E-state index in [2.05, 4.69) is 20.3 Å². The zero-order valence-corrected chi connectivity index (χ0v) is 32.6. The van der Waals surface area contributed by atoms with Gasteiger partial charge in [0.1, 0.15) is 17.0 Å². The molecule has 58 heavy (non-hydrogen) atoms. The fourth-order valence-corrected chi connectivity index (χ4v) is 4.70. The molecule has 0 spiro atoms. The average Bonchev–Trinajstić information content (AvgIpc) is 3.14. The third-order valence-electron chi connectivity index (χ3n) is 7.13. The zero-order valence-electron chi connectivity index (χ0n) is 32.6. The molecule has 0 aliphatic heterocycles. The molecule has 0 radical (unpaired) electrons. The third kappa shape index (κ3) is 15.3. The van der Waals surface area contributed by atoms with E-state index in [1.807, 2.05) is 6.07 Å². The minimum Gasteiger partial charge on any atom is -0.854 e. The van der Waals surface area contributed by atoms with Gasteiger partial charge in [-0.3, -0.25) is 10.2 Å². The van der Waals surface area contributed by atoms with E-state index in [4.69, 9.17) is 9.47 Å². The lowest BCUT2D eigenvalue weighted by Crippen LogP contribution is -2.36. The summed E-state index contributed by atoms with van der Waals surface area (Å²) in [6, 6.07) is 28.5. The number of rotatable bonds is 9. The van der Waals surface area contributed by atoms with Crippen molar-refractivity contribution in [2.45, 2.75) is 65.7 Å². The van der Waals surface area contributed by atoms with Gasteiger partial charge in [0.15, 0.2) is 0 Å². The van der Waals surface area contributed by atoms with Gasteiger partial charge in [-0.1, -0.05) is 57.9 Å². The first-order valence-corrected chi connectivity index (χ1v) is 17.7. The minimum absolute atomic E-state index is 0.0126. The molecule has 304 valence electrons. The molecule has 0 aliphatic rings. The standard InChI is InChI=1S/C25H24F3N3O4.C17H19N3O3/c1-24(2,3)35-23(33)31(17-18-7-13-21(14-8-18)34-25(26,27)28)20-11-9-19(10-12-20)22(32)29-30-15-5-4-6-16-30;1-17(2,3)23-16(22)18-14-9-7-13(8-10-14)15(21)19-20-11-5-4-6-12-20/h4-16H,17H2,1-3H3;4-12H,1-3H3,(H-,18,19,21,22). The summed E-state index contributed by atoms with van der Waals surface area (Å²) in [6.45, 7) is 10.5. The second-order valence-corrected chi connectivity index (χ2v) is 14.3. The topological polar surface area (TPSA) is 156 Å². The summed E-state index contributed by atoms with van der Waals surface area (Å²) in [5.74, 6) is -1.21. The van der Waals surface area contributed by atoms with E-state index >= 15 is 0 Å². The van der Waals surface area contributed by atoms with Crippen LogP contribution in [-0.4, -0.2) is 41.5 Å². The van der Waals surface area contributed by atoms with E-state index in [-0.39, 0.29) is 18.2 Å². The van der Waals surface area contributed by atoms with Gasteiger partial charge in [-0.15, -0.1) is 13.2 Å². The van der Waals surface area contributed by atoms with Crippen molar-refractivity contribution < 1.29 is 56.5 Å². The summed E-state index contributed by atoms with van der Waals surface area (Å²) in [6.07, 6.45) is 0.613. The molecule has 0 fully saturated rings. The number of anilines is 2. The minimum atomic E-state index is -4.80. The van der Waals surface area contributed by atoms with Gasteiger partial charge in [-0.2, -0.15) is 0 Å². The number of carbonyl (C=O) groups is 2. The van der Waals surface area contributed by atoms with Crippen LogP contribution in [0.25, 0.3) is 0 Å². The van der Waals surface area contributed by atoms with Crippen LogP contribution in [0.15, 0.2) is 144 Å². The number of hydrogen-bond acceptors (Lipinski definition) is 9. The maximum absolute atomic E-state index is 12.9. The molecule has 0 bridgehead atoms. The fraction of sp³-hybridized carbons (Fsp3) is 0.238. The molecular formula is C42H43F3N6O7. The normalized spacial score (nSPS) is 12.1. The maximum atomic E-state index is 12.9. The fourth-order valence-electron chi connectivity index (χ4n) is 4.70. The van der Waals surface area contributed by atoms with Crippen LogP contribution in [0, 0.1) is 0 Å². The second kappa shape index (κ2) is 19.3. The molecule has 0 atom stereocenters. The summed E-state index contributed by atoms with van der Waals surface area (Å²) in [7, 11) is 0. The van der Waals surface area contributed by atoms with Gasteiger partial charge in [0, 0.05) is 35.6 Å². The highest BCUT2D eigenvalue weighted by atomic mass is 19.4. The zero-order chi connectivity index (χ0) is 42.5. The Morgan fingerprint density at radius 3 is 1.53 bits per heavy atom. The monoisotopic (exact) mass is 800 g/mol. The number of nitrogens with one attached hydrogen (secondary N) is 1. The SMILES string of the molecule is CC(C)(C)OC(=O)N(Cc1ccc(OC(F)(F)F)cc1)c1ccc(C([O-])=N[n+]2ccccc2)cc1.CC(C)(C)OC(=O)Nc1ccc(C([O-])=N[n+]2ccccc2)cc1. The summed E-state index contributed by atoms with van der Waals surface area (Å²) >= 11 is 0. The van der Waals surface area contributed by atoms with Crippen molar-refractivity contribution in [2.75, 3.05) is 10.2 Å². The Kier molecular flexibility index (Phi) is 14.5. The summed E-state index contributed by atoms with van der Waals surface area (Å²) in [5, 5.41) is 35.0. The Morgan fingerprint density at radius 2 is 1.10 bits per heavy atom. The van der Waals surface area contributed by atoms with Crippen LogP contribution < -0.4 is 34.5 Å². The molecule has 2 amide bonds. The molecule has 0 unspecified atom stereocenters. The van der Waals surface area contributed by atoms with Gasteiger partial charge in [-0.25, -0.2) is 9.59 Å². The Balaban J connectivity index is 0.000000280. The molecule has 1 N–H and O–H groups in total. The Hall–Kier alpha value is -6.97. The van der Waals surface area contributed by atoms with Crippen molar-refractivity contribution >= 4 is 35.4 Å². The van der Waals surface area contributed by atoms with E-state index in [1.165, 1.54) is 50.7 Å². The molecule has 5 rings (SSSR count). The lowest BCUT2D eigenvalue weighted by molar-refractivity contribution is -0.681. The lowest BCUT2D eigenvalue weighted by atomic mass is 10.1. The van der Waals surface area contributed by atoms with Crippen molar-refractivity contribution in [3.8, 4) is 5.75 Å². The van der Waals surface area contributed by atoms with Crippen LogP contribution >= 0.6 is 0 Å². The maximum Gasteiger partial charge on any atom is 0.573 e. The third-order valence-corrected chi connectivity index (χ3v) is 7.13. The van der Waals surface area contributed by atoms with Gasteiger partial charge in [0.05, 0.1) is 18.3 Å². The number of aromatic nitrogens is 2. The number of alkyl halides is 3. The highest BCUT2D eigenvalue weighted by molar-refractivity contribution is 5.93. The van der Waals surface area contributed by atoms with Crippen LogP contribution in [0.1, 0.15) is 58.2 Å². The number of nitrogens with zero attached hydrogens (tertiary/aromatic N) is 5. The van der Waals surface area contributed by atoms with Crippen molar-refractivity contribution in [3.05, 3.63) is 151 Å². The lowest BCUT2D eigenvalue weighted by Gasteiger charge is -2.28. The number of carbonyl (C=O) groups excluding carboxylic acids is 2. The predicted molar refractivity (Wildman–Crippen MR) is 205 cm³/mol. The molecule has 3 aromatic carbocycles. The highest BCUT2D eigenvalue weighted by Gasteiger charge is 2.31. The van der Waals surface area contributed by atoms with Crippen LogP contribution in [0.5, 0.6) is 5.75 Å². The first-order chi connectivity index (χ1) is 27.2. The molecule has 13 nitrogen and oxygen atoms in total. The van der Waals surface area contributed by atoms with Crippen molar-refractivity contribution in [1.82, 2.24) is 0 Å². The molecule has 0 saturated carbocycles. The first kappa shape index (κ1) is 43.8. The van der Waals surface area contributed by atoms with E-state index in [1.54, 1.807) is 133 Å².